The van der Waals surface area contributed by atoms with E-state index in [1.165, 1.54) is 27.8 Å². The minimum atomic E-state index is -0.238. The molecule has 2 aliphatic heterocycles. The number of fused-ring (bicyclic) bond motifs is 5. The Balaban J connectivity index is 1.62. The van der Waals surface area contributed by atoms with Crippen LogP contribution in [0.5, 0.6) is 0 Å². The van der Waals surface area contributed by atoms with Gasteiger partial charge >= 0.3 is 0 Å². The Morgan fingerprint density at radius 2 is 1.14 bits per heavy atom. The topological polar surface area (TPSA) is 32.3 Å². The fourth-order valence-electron chi connectivity index (χ4n) is 7.39. The standard InChI is InChI=1S/C39H38N4/c1-8-39(7)28(6)38-42(29-20-10-9-11-21-29)36-37(43(38)31-23-13-12-22-30(31)39)41-35(33-26(4)18-15-19-27(33)5)34(40-36)32-24(2)16-14-17-25(32)3/h8-23,28,38H,1H2,2-7H3. The molecule has 0 amide bonds. The largest absolute Gasteiger partial charge is 0.302 e. The van der Waals surface area contributed by atoms with Gasteiger partial charge in [-0.05, 0) is 73.7 Å². The van der Waals surface area contributed by atoms with E-state index in [-0.39, 0.29) is 17.5 Å². The quantitative estimate of drug-likeness (QED) is 0.204. The summed E-state index contributed by atoms with van der Waals surface area (Å²) in [6.45, 7) is 17.7. The van der Waals surface area contributed by atoms with Crippen LogP contribution in [0.1, 0.15) is 41.7 Å². The summed E-state index contributed by atoms with van der Waals surface area (Å²) in [5.74, 6) is 1.97. The predicted octanol–water partition coefficient (Wildman–Crippen LogP) is 9.75. The highest BCUT2D eigenvalue weighted by atomic mass is 15.5. The highest BCUT2D eigenvalue weighted by molar-refractivity contribution is 5.92. The molecular weight excluding hydrogens is 524 g/mol. The fraction of sp³-hybridized carbons (Fsp3) is 0.231. The van der Waals surface area contributed by atoms with Crippen molar-refractivity contribution in [2.24, 2.45) is 5.92 Å². The molecule has 43 heavy (non-hydrogen) atoms. The number of benzene rings is 4. The van der Waals surface area contributed by atoms with Gasteiger partial charge in [-0.3, -0.25) is 0 Å². The van der Waals surface area contributed by atoms with E-state index in [0.29, 0.717) is 0 Å². The molecular formula is C39H38N4. The van der Waals surface area contributed by atoms with Crippen molar-refractivity contribution in [1.82, 2.24) is 9.97 Å². The molecule has 214 valence electrons. The van der Waals surface area contributed by atoms with Gasteiger partial charge in [0.1, 0.15) is 6.17 Å². The summed E-state index contributed by atoms with van der Waals surface area (Å²) >= 11 is 0. The molecule has 2 aliphatic rings. The van der Waals surface area contributed by atoms with Crippen LogP contribution < -0.4 is 9.80 Å². The number of hydrogen-bond donors (Lipinski definition) is 0. The van der Waals surface area contributed by atoms with Crippen molar-refractivity contribution < 1.29 is 0 Å². The lowest BCUT2D eigenvalue weighted by Crippen LogP contribution is -2.54. The van der Waals surface area contributed by atoms with Gasteiger partial charge in [0.25, 0.3) is 0 Å². The van der Waals surface area contributed by atoms with E-state index in [4.69, 9.17) is 9.97 Å². The lowest BCUT2D eigenvalue weighted by Gasteiger charge is -2.49. The summed E-state index contributed by atoms with van der Waals surface area (Å²) in [6, 6.07) is 32.4. The van der Waals surface area contributed by atoms with Crippen LogP contribution in [0.2, 0.25) is 0 Å². The number of rotatable bonds is 4. The van der Waals surface area contributed by atoms with Crippen molar-refractivity contribution in [3.05, 3.63) is 131 Å². The Morgan fingerprint density at radius 1 is 0.651 bits per heavy atom. The maximum Gasteiger partial charge on any atom is 0.179 e. The summed E-state index contributed by atoms with van der Waals surface area (Å²) in [4.78, 5) is 16.2. The molecule has 3 unspecified atom stereocenters. The average molecular weight is 563 g/mol. The van der Waals surface area contributed by atoms with E-state index < -0.39 is 0 Å². The SMILES string of the molecule is C=CC1(C)c2ccccc2N2c3nc(-c4c(C)cccc4C)c(-c4c(C)cccc4C)nc3N(c3ccccc3)C2C1C. The Labute approximate surface area is 255 Å². The number of allylic oxidation sites excluding steroid dienone is 1. The maximum atomic E-state index is 5.67. The zero-order valence-corrected chi connectivity index (χ0v) is 25.9. The molecule has 0 radical (unpaired) electrons. The van der Waals surface area contributed by atoms with Gasteiger partial charge in [-0.2, -0.15) is 0 Å². The van der Waals surface area contributed by atoms with Crippen LogP contribution >= 0.6 is 0 Å². The smallest absolute Gasteiger partial charge is 0.179 e. The number of anilines is 4. The highest BCUT2D eigenvalue weighted by Crippen LogP contribution is 2.58. The van der Waals surface area contributed by atoms with Gasteiger partial charge in [0.05, 0.1) is 11.4 Å². The minimum Gasteiger partial charge on any atom is -0.302 e. The van der Waals surface area contributed by atoms with Crippen molar-refractivity contribution in [3.63, 3.8) is 0 Å². The molecule has 3 heterocycles. The van der Waals surface area contributed by atoms with E-state index >= 15 is 0 Å². The molecule has 7 rings (SSSR count). The Bertz CT molecular complexity index is 1850. The number of nitrogens with zero attached hydrogens (tertiary/aromatic N) is 4. The van der Waals surface area contributed by atoms with Gasteiger partial charge in [0.15, 0.2) is 11.6 Å². The molecule has 3 atom stereocenters. The van der Waals surface area contributed by atoms with E-state index in [0.717, 1.165) is 45.5 Å². The van der Waals surface area contributed by atoms with Gasteiger partial charge in [-0.1, -0.05) is 92.7 Å². The van der Waals surface area contributed by atoms with Crippen molar-refractivity contribution in [1.29, 1.82) is 0 Å². The first-order valence-electron chi connectivity index (χ1n) is 15.2. The second-order valence-electron chi connectivity index (χ2n) is 12.4. The second-order valence-corrected chi connectivity index (χ2v) is 12.4. The summed E-state index contributed by atoms with van der Waals surface area (Å²) in [5, 5.41) is 0. The molecule has 0 spiro atoms. The van der Waals surface area contributed by atoms with Crippen LogP contribution in [-0.4, -0.2) is 16.1 Å². The van der Waals surface area contributed by atoms with Crippen molar-refractivity contribution in [3.8, 4) is 22.5 Å². The number of para-hydroxylation sites is 2. The molecule has 0 fully saturated rings. The lowest BCUT2D eigenvalue weighted by molar-refractivity contribution is 0.312. The zero-order valence-electron chi connectivity index (χ0n) is 25.9. The zero-order chi connectivity index (χ0) is 30.0. The molecule has 0 N–H and O–H groups in total. The van der Waals surface area contributed by atoms with Crippen molar-refractivity contribution in [2.45, 2.75) is 53.1 Å². The first-order valence-corrected chi connectivity index (χ1v) is 15.2. The lowest BCUT2D eigenvalue weighted by atomic mass is 9.68. The van der Waals surface area contributed by atoms with Gasteiger partial charge in [-0.15, -0.1) is 6.58 Å². The van der Waals surface area contributed by atoms with Crippen LogP contribution in [0.3, 0.4) is 0 Å². The molecule has 1 aromatic heterocycles. The Morgan fingerprint density at radius 3 is 1.67 bits per heavy atom. The van der Waals surface area contributed by atoms with Gasteiger partial charge in [0, 0.05) is 33.8 Å². The molecule has 4 heteroatoms. The highest BCUT2D eigenvalue weighted by Gasteiger charge is 2.53. The van der Waals surface area contributed by atoms with Crippen LogP contribution in [0, 0.1) is 33.6 Å². The van der Waals surface area contributed by atoms with Crippen molar-refractivity contribution in [2.75, 3.05) is 9.80 Å². The van der Waals surface area contributed by atoms with E-state index in [1.54, 1.807) is 0 Å². The summed E-state index contributed by atoms with van der Waals surface area (Å²) in [7, 11) is 0. The summed E-state index contributed by atoms with van der Waals surface area (Å²) in [6.07, 6.45) is 2.10. The van der Waals surface area contributed by atoms with Crippen LogP contribution in [-0.2, 0) is 5.41 Å². The van der Waals surface area contributed by atoms with Gasteiger partial charge in [0.2, 0.25) is 0 Å². The second kappa shape index (κ2) is 9.95. The molecule has 5 aromatic rings. The Kier molecular flexibility index (Phi) is 6.28. The van der Waals surface area contributed by atoms with E-state index in [1.807, 2.05) is 0 Å². The Hall–Kier alpha value is -4.70. The summed E-state index contributed by atoms with van der Waals surface area (Å²) < 4.78 is 0. The van der Waals surface area contributed by atoms with Crippen LogP contribution in [0.15, 0.2) is 104 Å². The third-order valence-electron chi connectivity index (χ3n) is 9.88. The molecule has 0 saturated carbocycles. The molecule has 0 bridgehead atoms. The van der Waals surface area contributed by atoms with Gasteiger partial charge < -0.3 is 9.80 Å². The molecule has 4 aromatic carbocycles. The fourth-order valence-corrected chi connectivity index (χ4v) is 7.39. The molecule has 4 nitrogen and oxygen atoms in total. The van der Waals surface area contributed by atoms with E-state index in [2.05, 4.69) is 155 Å². The maximum absolute atomic E-state index is 5.67. The van der Waals surface area contributed by atoms with Gasteiger partial charge in [-0.25, -0.2) is 9.97 Å². The third-order valence-corrected chi connectivity index (χ3v) is 9.88. The normalized spacial score (nSPS) is 20.4. The first-order chi connectivity index (χ1) is 20.8. The number of hydrogen-bond acceptors (Lipinski definition) is 4. The number of aromatic nitrogens is 2. The number of aryl methyl sites for hydroxylation is 4. The predicted molar refractivity (Wildman–Crippen MR) is 180 cm³/mol. The van der Waals surface area contributed by atoms with Crippen LogP contribution in [0.4, 0.5) is 23.0 Å². The third kappa shape index (κ3) is 3.89. The van der Waals surface area contributed by atoms with Crippen molar-refractivity contribution >= 4 is 23.0 Å². The monoisotopic (exact) mass is 562 g/mol. The average Bonchev–Trinajstić information content (AvgIpc) is 3.34. The summed E-state index contributed by atoms with van der Waals surface area (Å²) in [5.41, 5.74) is 12.2. The van der Waals surface area contributed by atoms with Crippen LogP contribution in [0.25, 0.3) is 22.5 Å². The minimum absolute atomic E-state index is 0.0330. The first kappa shape index (κ1) is 27.2. The van der Waals surface area contributed by atoms with E-state index in [9.17, 15) is 0 Å². The molecule has 0 aliphatic carbocycles. The molecule has 0 saturated heterocycles.